The number of nitro groups is 1. The zero-order chi connectivity index (χ0) is 30.0. The van der Waals surface area contributed by atoms with Gasteiger partial charge in [-0.15, -0.1) is 0 Å². The minimum Gasteiger partial charge on any atom is -0.460 e. The number of anilines is 1. The lowest BCUT2D eigenvalue weighted by molar-refractivity contribution is -0.384. The Hall–Kier alpha value is -4.09. The molecule has 0 aliphatic carbocycles. The fraction of sp³-hybridized carbons (Fsp3) is 0.387. The van der Waals surface area contributed by atoms with Gasteiger partial charge in [0.15, 0.2) is 4.80 Å². The molecule has 0 bridgehead atoms. The van der Waals surface area contributed by atoms with Gasteiger partial charge in [0.2, 0.25) is 0 Å². The van der Waals surface area contributed by atoms with E-state index < -0.39 is 12.0 Å². The van der Waals surface area contributed by atoms with Gasteiger partial charge in [0.1, 0.15) is 12.3 Å². The highest BCUT2D eigenvalue weighted by Gasteiger charge is 2.33. The molecule has 1 unspecified atom stereocenters. The fourth-order valence-corrected chi connectivity index (χ4v) is 6.46. The molecule has 1 aromatic heterocycles. The number of benzene rings is 2. The monoisotopic (exact) mass is 590 g/mol. The first-order valence-electron chi connectivity index (χ1n) is 14.0. The number of carbonyl (C=O) groups excluding carboxylic acids is 1. The van der Waals surface area contributed by atoms with Gasteiger partial charge in [-0.1, -0.05) is 55.5 Å². The first-order chi connectivity index (χ1) is 20.2. The summed E-state index contributed by atoms with van der Waals surface area (Å²) < 4.78 is 12.4. The molecule has 10 nitrogen and oxygen atoms in total. The normalized spacial score (nSPS) is 17.0. The largest absolute Gasteiger partial charge is 0.460 e. The van der Waals surface area contributed by atoms with Gasteiger partial charge >= 0.3 is 5.97 Å². The molecule has 2 aliphatic rings. The summed E-state index contributed by atoms with van der Waals surface area (Å²) in [5.74, 6) is -0.244. The van der Waals surface area contributed by atoms with Crippen LogP contribution in [0, 0.1) is 10.1 Å². The van der Waals surface area contributed by atoms with Crippen LogP contribution in [0.5, 0.6) is 0 Å². The lowest BCUT2D eigenvalue weighted by atomic mass is 9.93. The molecule has 5 rings (SSSR count). The van der Waals surface area contributed by atoms with Crippen LogP contribution < -0.4 is 19.8 Å². The molecule has 3 heterocycles. The number of nitro benzene ring substituents is 1. The minimum atomic E-state index is -0.744. The van der Waals surface area contributed by atoms with E-state index in [1.807, 2.05) is 29.2 Å². The number of carbonyl (C=O) groups is 1. The lowest BCUT2D eigenvalue weighted by Crippen LogP contribution is -2.40. The van der Waals surface area contributed by atoms with Crippen LogP contribution in [0.2, 0.25) is 0 Å². The van der Waals surface area contributed by atoms with Crippen LogP contribution in [0.4, 0.5) is 11.4 Å². The number of hydrogen-bond donors (Lipinski definition) is 0. The first-order valence-corrected chi connectivity index (χ1v) is 14.8. The Kier molecular flexibility index (Phi) is 8.69. The number of methoxy groups -OCH3 is 1. The van der Waals surface area contributed by atoms with Gasteiger partial charge in [0, 0.05) is 26.3 Å². The summed E-state index contributed by atoms with van der Waals surface area (Å²) in [7, 11) is 1.52. The number of aromatic nitrogens is 1. The molecule has 0 saturated carbocycles. The van der Waals surface area contributed by atoms with Crippen molar-refractivity contribution in [1.82, 2.24) is 4.57 Å². The van der Waals surface area contributed by atoms with E-state index in [4.69, 9.17) is 9.47 Å². The van der Waals surface area contributed by atoms with Gasteiger partial charge < -0.3 is 14.4 Å². The van der Waals surface area contributed by atoms with Gasteiger partial charge in [0.25, 0.3) is 11.2 Å². The van der Waals surface area contributed by atoms with Crippen molar-refractivity contribution in [2.45, 2.75) is 45.6 Å². The minimum absolute atomic E-state index is 0.0125. The molecule has 1 atom stereocenters. The summed E-state index contributed by atoms with van der Waals surface area (Å²) in [4.78, 5) is 45.9. The van der Waals surface area contributed by atoms with Gasteiger partial charge in [-0.2, -0.15) is 0 Å². The van der Waals surface area contributed by atoms with E-state index in [2.05, 4.69) is 18.8 Å². The Labute approximate surface area is 247 Å². The van der Waals surface area contributed by atoms with Gasteiger partial charge in [-0.3, -0.25) is 19.5 Å². The van der Waals surface area contributed by atoms with Gasteiger partial charge in [-0.25, -0.2) is 9.79 Å². The van der Waals surface area contributed by atoms with Crippen molar-refractivity contribution in [2.75, 3.05) is 38.3 Å². The van der Waals surface area contributed by atoms with E-state index in [-0.39, 0.29) is 35.0 Å². The summed E-state index contributed by atoms with van der Waals surface area (Å²) in [5, 5.41) is 11.9. The first kappa shape index (κ1) is 29.4. The van der Waals surface area contributed by atoms with E-state index in [0.29, 0.717) is 32.2 Å². The SMILES string of the molecule is COCCOC(=O)C1=C(C)N=c2sc(=Cc3ccc(N4CCCC4)c([N+](=O)[O-])c3)c(=O)n2C1c1ccc(C(C)C)cc1. The molecule has 220 valence electrons. The van der Waals surface area contributed by atoms with Crippen LogP contribution in [0.15, 0.2) is 63.5 Å². The Morgan fingerprint density at radius 3 is 2.52 bits per heavy atom. The Bertz CT molecular complexity index is 1720. The third kappa shape index (κ3) is 5.79. The van der Waals surface area contributed by atoms with Crippen LogP contribution in [-0.4, -0.2) is 48.9 Å². The van der Waals surface area contributed by atoms with Crippen molar-refractivity contribution in [3.05, 3.63) is 100 Å². The smallest absolute Gasteiger partial charge is 0.338 e. The second kappa shape index (κ2) is 12.4. The molecule has 11 heteroatoms. The van der Waals surface area contributed by atoms with Crippen molar-refractivity contribution in [3.63, 3.8) is 0 Å². The zero-order valence-electron chi connectivity index (χ0n) is 24.2. The van der Waals surface area contributed by atoms with Crippen LogP contribution >= 0.6 is 11.3 Å². The van der Waals surface area contributed by atoms with Crippen molar-refractivity contribution in [3.8, 4) is 0 Å². The van der Waals surface area contributed by atoms with Crippen LogP contribution in [0.1, 0.15) is 62.3 Å². The maximum atomic E-state index is 14.0. The second-order valence-electron chi connectivity index (χ2n) is 10.7. The number of ether oxygens (including phenoxy) is 2. The molecule has 0 N–H and O–H groups in total. The molecule has 42 heavy (non-hydrogen) atoms. The highest BCUT2D eigenvalue weighted by molar-refractivity contribution is 7.07. The molecular weight excluding hydrogens is 556 g/mol. The third-order valence-electron chi connectivity index (χ3n) is 7.62. The van der Waals surface area contributed by atoms with E-state index in [0.717, 1.165) is 37.1 Å². The van der Waals surface area contributed by atoms with Crippen molar-refractivity contribution in [2.24, 2.45) is 4.99 Å². The molecule has 1 saturated heterocycles. The average Bonchev–Trinajstić information content (AvgIpc) is 3.61. The molecule has 1 fully saturated rings. The molecule has 2 aromatic carbocycles. The average molecular weight is 591 g/mol. The van der Waals surface area contributed by atoms with Crippen LogP contribution in [0.25, 0.3) is 6.08 Å². The number of thiazole rings is 1. The molecule has 3 aromatic rings. The quantitative estimate of drug-likeness (QED) is 0.160. The molecular formula is C31H34N4O6S. The summed E-state index contributed by atoms with van der Waals surface area (Å²) in [6.45, 7) is 7.82. The van der Waals surface area contributed by atoms with E-state index >= 15 is 0 Å². The Morgan fingerprint density at radius 2 is 1.88 bits per heavy atom. The molecule has 0 spiro atoms. The third-order valence-corrected chi connectivity index (χ3v) is 8.60. The number of rotatable bonds is 9. The number of fused-ring (bicyclic) bond motifs is 1. The predicted molar refractivity (Wildman–Crippen MR) is 162 cm³/mol. The summed E-state index contributed by atoms with van der Waals surface area (Å²) in [6.07, 6.45) is 3.66. The standard InChI is InChI=1S/C31H34N4O6S/c1-19(2)22-8-10-23(11-9-22)28-27(30(37)41-16-15-40-4)20(3)32-31-34(28)29(36)26(42-31)18-21-7-12-24(25(17-21)35(38)39)33-13-5-6-14-33/h7-12,17-19,28H,5-6,13-16H2,1-4H3. The van der Waals surface area contributed by atoms with Crippen molar-refractivity contribution in [1.29, 1.82) is 0 Å². The zero-order valence-corrected chi connectivity index (χ0v) is 25.0. The number of hydrogen-bond acceptors (Lipinski definition) is 9. The fourth-order valence-electron chi connectivity index (χ4n) is 5.41. The van der Waals surface area contributed by atoms with Gasteiger partial charge in [-0.05, 0) is 54.5 Å². The van der Waals surface area contributed by atoms with Crippen LogP contribution in [0.3, 0.4) is 0 Å². The number of allylic oxidation sites excluding steroid dienone is 1. The summed E-state index contributed by atoms with van der Waals surface area (Å²) >= 11 is 1.19. The number of esters is 1. The van der Waals surface area contributed by atoms with Gasteiger partial charge in [0.05, 0.1) is 33.4 Å². The molecule has 0 amide bonds. The maximum Gasteiger partial charge on any atom is 0.338 e. The summed E-state index contributed by atoms with van der Waals surface area (Å²) in [5.41, 5.74) is 3.45. The Morgan fingerprint density at radius 1 is 1.17 bits per heavy atom. The summed E-state index contributed by atoms with van der Waals surface area (Å²) in [6, 6.07) is 12.2. The Balaban J connectivity index is 1.62. The van der Waals surface area contributed by atoms with Crippen LogP contribution in [-0.2, 0) is 14.3 Å². The number of nitrogens with zero attached hydrogens (tertiary/aromatic N) is 4. The highest BCUT2D eigenvalue weighted by atomic mass is 32.1. The lowest BCUT2D eigenvalue weighted by Gasteiger charge is -2.25. The molecule has 0 radical (unpaired) electrons. The second-order valence-corrected chi connectivity index (χ2v) is 11.7. The van der Waals surface area contributed by atoms with E-state index in [9.17, 15) is 19.7 Å². The topological polar surface area (TPSA) is 116 Å². The van der Waals surface area contributed by atoms with Crippen molar-refractivity contribution >= 4 is 34.8 Å². The van der Waals surface area contributed by atoms with Crippen molar-refractivity contribution < 1.29 is 19.2 Å². The highest BCUT2D eigenvalue weighted by Crippen LogP contribution is 2.33. The maximum absolute atomic E-state index is 14.0. The predicted octanol–water partition coefficient (Wildman–Crippen LogP) is 4.06. The van der Waals surface area contributed by atoms with E-state index in [1.54, 1.807) is 25.1 Å². The molecule has 2 aliphatic heterocycles. The van der Waals surface area contributed by atoms with E-state index in [1.165, 1.54) is 29.1 Å².